The molecule has 10 heteroatoms. The number of carbonyl (C=O) groups is 2. The zero-order valence-electron chi connectivity index (χ0n) is 23.4. The van der Waals surface area contributed by atoms with Gasteiger partial charge in [0.25, 0.3) is 0 Å². The molecule has 1 atom stereocenters. The van der Waals surface area contributed by atoms with Crippen LogP contribution < -0.4 is 10.6 Å². The number of hydrogen-bond acceptors (Lipinski definition) is 6. The highest BCUT2D eigenvalue weighted by Gasteiger charge is 2.36. The highest BCUT2D eigenvalue weighted by Crippen LogP contribution is 2.19. The van der Waals surface area contributed by atoms with E-state index in [9.17, 15) is 9.59 Å². The van der Waals surface area contributed by atoms with Gasteiger partial charge in [-0.15, -0.1) is 0 Å². The first-order chi connectivity index (χ1) is 20.1. The predicted octanol–water partition coefficient (Wildman–Crippen LogP) is 3.09. The molecule has 2 fully saturated rings. The van der Waals surface area contributed by atoms with Gasteiger partial charge in [0.05, 0.1) is 18.0 Å². The van der Waals surface area contributed by atoms with E-state index in [1.807, 2.05) is 42.6 Å². The van der Waals surface area contributed by atoms with E-state index in [-0.39, 0.29) is 18.0 Å². The van der Waals surface area contributed by atoms with Crippen molar-refractivity contribution in [2.75, 3.05) is 26.2 Å². The number of nitrogens with zero attached hydrogens (tertiary/aromatic N) is 6. The SMILES string of the molecule is N#Cc1ccc(Cn2cncc2CCNC(=O)[C@H]2CN(Cc3ccncc3)CCN2C(=O)NC2CCCCC2)cc1. The second-order valence-corrected chi connectivity index (χ2v) is 10.9. The molecule has 41 heavy (non-hydrogen) atoms. The quantitative estimate of drug-likeness (QED) is 0.420. The minimum atomic E-state index is -0.572. The van der Waals surface area contributed by atoms with Crippen molar-refractivity contribution in [2.24, 2.45) is 0 Å². The number of imidazole rings is 1. The molecular weight excluding hydrogens is 516 g/mol. The van der Waals surface area contributed by atoms with Crippen molar-refractivity contribution < 1.29 is 9.59 Å². The van der Waals surface area contributed by atoms with Crippen molar-refractivity contribution in [1.29, 1.82) is 5.26 Å². The average molecular weight is 555 g/mol. The smallest absolute Gasteiger partial charge is 0.318 e. The summed E-state index contributed by atoms with van der Waals surface area (Å²) in [5, 5.41) is 15.3. The fourth-order valence-electron chi connectivity index (χ4n) is 5.71. The molecule has 10 nitrogen and oxygen atoms in total. The minimum absolute atomic E-state index is 0.138. The Kier molecular flexibility index (Phi) is 9.60. The van der Waals surface area contributed by atoms with Gasteiger partial charge in [0, 0.05) is 76.0 Å². The molecule has 2 aliphatic rings. The van der Waals surface area contributed by atoms with E-state index in [4.69, 9.17) is 5.26 Å². The Balaban J connectivity index is 1.20. The maximum atomic E-state index is 13.5. The number of rotatable bonds is 9. The van der Waals surface area contributed by atoms with E-state index in [0.717, 1.165) is 42.5 Å². The normalized spacial score (nSPS) is 18.0. The van der Waals surface area contributed by atoms with Crippen LogP contribution in [0.1, 0.15) is 54.5 Å². The van der Waals surface area contributed by atoms with Crippen LogP contribution in [0.3, 0.4) is 0 Å². The predicted molar refractivity (Wildman–Crippen MR) is 155 cm³/mol. The van der Waals surface area contributed by atoms with Gasteiger partial charge in [0.2, 0.25) is 5.91 Å². The number of amides is 3. The number of nitrogens with one attached hydrogen (secondary N) is 2. The fraction of sp³-hybridized carbons (Fsp3) is 0.452. The second kappa shape index (κ2) is 13.9. The van der Waals surface area contributed by atoms with E-state index < -0.39 is 6.04 Å². The number of nitriles is 1. The van der Waals surface area contributed by atoms with Crippen LogP contribution in [0.15, 0.2) is 61.3 Å². The van der Waals surface area contributed by atoms with Crippen LogP contribution in [0.4, 0.5) is 4.79 Å². The van der Waals surface area contributed by atoms with Gasteiger partial charge in [-0.2, -0.15) is 5.26 Å². The Hall–Kier alpha value is -4.23. The highest BCUT2D eigenvalue weighted by atomic mass is 16.2. The number of carbonyl (C=O) groups excluding carboxylic acids is 2. The van der Waals surface area contributed by atoms with Gasteiger partial charge in [0.1, 0.15) is 6.04 Å². The Labute approximate surface area is 241 Å². The van der Waals surface area contributed by atoms with Crippen LogP contribution in [0.5, 0.6) is 0 Å². The Morgan fingerprint density at radius 2 is 1.71 bits per heavy atom. The summed E-state index contributed by atoms with van der Waals surface area (Å²) < 4.78 is 2.05. The third-order valence-corrected chi connectivity index (χ3v) is 8.03. The van der Waals surface area contributed by atoms with Crippen molar-refractivity contribution in [3.05, 3.63) is 83.7 Å². The first kappa shape index (κ1) is 28.3. The van der Waals surface area contributed by atoms with E-state index in [1.165, 1.54) is 6.42 Å². The molecule has 3 heterocycles. The van der Waals surface area contributed by atoms with Crippen molar-refractivity contribution in [1.82, 2.24) is 35.0 Å². The summed E-state index contributed by atoms with van der Waals surface area (Å²) in [6.45, 7) is 3.47. The van der Waals surface area contributed by atoms with Crippen LogP contribution >= 0.6 is 0 Å². The molecule has 1 saturated heterocycles. The fourth-order valence-corrected chi connectivity index (χ4v) is 5.71. The summed E-state index contributed by atoms with van der Waals surface area (Å²) in [7, 11) is 0. The van der Waals surface area contributed by atoms with Gasteiger partial charge in [-0.3, -0.25) is 14.7 Å². The molecule has 5 rings (SSSR count). The van der Waals surface area contributed by atoms with Gasteiger partial charge in [-0.1, -0.05) is 31.4 Å². The number of pyridine rings is 1. The zero-order chi connectivity index (χ0) is 28.4. The summed E-state index contributed by atoms with van der Waals surface area (Å²) in [4.78, 5) is 39.3. The summed E-state index contributed by atoms with van der Waals surface area (Å²) in [6.07, 6.45) is 13.3. The van der Waals surface area contributed by atoms with E-state index in [1.54, 1.807) is 23.6 Å². The Morgan fingerprint density at radius 3 is 2.46 bits per heavy atom. The van der Waals surface area contributed by atoms with Crippen molar-refractivity contribution in [3.63, 3.8) is 0 Å². The van der Waals surface area contributed by atoms with Crippen molar-refractivity contribution >= 4 is 11.9 Å². The molecule has 1 aliphatic heterocycles. The zero-order valence-corrected chi connectivity index (χ0v) is 23.4. The lowest BCUT2D eigenvalue weighted by atomic mass is 9.95. The molecule has 0 bridgehead atoms. The summed E-state index contributed by atoms with van der Waals surface area (Å²) >= 11 is 0. The molecule has 1 saturated carbocycles. The molecule has 3 amide bonds. The number of urea groups is 1. The Morgan fingerprint density at radius 1 is 0.951 bits per heavy atom. The van der Waals surface area contributed by atoms with Gasteiger partial charge in [-0.25, -0.2) is 9.78 Å². The van der Waals surface area contributed by atoms with Crippen LogP contribution in [0.2, 0.25) is 0 Å². The molecule has 214 valence electrons. The first-order valence-electron chi connectivity index (χ1n) is 14.5. The topological polar surface area (TPSA) is 119 Å². The van der Waals surface area contributed by atoms with Gasteiger partial charge < -0.3 is 20.1 Å². The molecule has 1 aromatic carbocycles. The number of hydrogen-bond donors (Lipinski definition) is 2. The standard InChI is InChI=1S/C31H38N8O2/c32-18-24-6-8-25(9-7-24)21-38-23-34-19-28(38)12-15-35-30(40)29-22-37(20-26-10-13-33-14-11-26)16-17-39(29)31(41)36-27-4-2-1-3-5-27/h6-11,13-14,19,23,27,29H,1-5,12,15-17,20-22H2,(H,35,40)(H,36,41)/t29-/m1/s1. The monoisotopic (exact) mass is 554 g/mol. The largest absolute Gasteiger partial charge is 0.354 e. The van der Waals surface area contributed by atoms with Crippen molar-refractivity contribution in [3.8, 4) is 6.07 Å². The van der Waals surface area contributed by atoms with Crippen molar-refractivity contribution in [2.45, 2.75) is 63.7 Å². The summed E-state index contributed by atoms with van der Waals surface area (Å²) in [5.74, 6) is -0.138. The molecule has 0 unspecified atom stereocenters. The van der Waals surface area contributed by atoms with Crippen LogP contribution in [0, 0.1) is 11.3 Å². The molecule has 2 aromatic heterocycles. The van der Waals surface area contributed by atoms with Crippen LogP contribution in [0.25, 0.3) is 0 Å². The molecule has 0 spiro atoms. The van der Waals surface area contributed by atoms with E-state index >= 15 is 0 Å². The first-order valence-corrected chi connectivity index (χ1v) is 14.5. The number of benzene rings is 1. The maximum absolute atomic E-state index is 13.5. The summed E-state index contributed by atoms with van der Waals surface area (Å²) in [6, 6.07) is 13.1. The second-order valence-electron chi connectivity index (χ2n) is 10.9. The van der Waals surface area contributed by atoms with Crippen LogP contribution in [-0.2, 0) is 24.3 Å². The van der Waals surface area contributed by atoms with Crippen LogP contribution in [-0.4, -0.2) is 74.5 Å². The third-order valence-electron chi connectivity index (χ3n) is 8.03. The molecule has 0 radical (unpaired) electrons. The molecule has 2 N–H and O–H groups in total. The molecule has 3 aromatic rings. The van der Waals surface area contributed by atoms with Gasteiger partial charge in [0.15, 0.2) is 0 Å². The maximum Gasteiger partial charge on any atom is 0.318 e. The average Bonchev–Trinajstić information content (AvgIpc) is 3.45. The Bertz CT molecular complexity index is 1330. The number of piperazine rings is 1. The van der Waals surface area contributed by atoms with E-state index in [0.29, 0.717) is 51.3 Å². The third kappa shape index (κ3) is 7.70. The summed E-state index contributed by atoms with van der Waals surface area (Å²) in [5.41, 5.74) is 3.84. The number of aromatic nitrogens is 3. The molecule has 1 aliphatic carbocycles. The van der Waals surface area contributed by atoms with Gasteiger partial charge >= 0.3 is 6.03 Å². The lowest BCUT2D eigenvalue weighted by Crippen LogP contribution is -2.63. The van der Waals surface area contributed by atoms with E-state index in [2.05, 4.69) is 36.1 Å². The minimum Gasteiger partial charge on any atom is -0.354 e. The lowest BCUT2D eigenvalue weighted by Gasteiger charge is -2.41. The highest BCUT2D eigenvalue weighted by molar-refractivity contribution is 5.87. The van der Waals surface area contributed by atoms with Gasteiger partial charge in [-0.05, 0) is 48.2 Å². The molecular formula is C31H38N8O2. The lowest BCUT2D eigenvalue weighted by molar-refractivity contribution is -0.127.